The van der Waals surface area contributed by atoms with Crippen LogP contribution in [-0.4, -0.2) is 5.24 Å². The van der Waals surface area contributed by atoms with Crippen molar-refractivity contribution in [2.45, 2.75) is 6.92 Å². The summed E-state index contributed by atoms with van der Waals surface area (Å²) < 4.78 is 0. The second-order valence-electron chi connectivity index (χ2n) is 2.50. The number of halogens is 1. The van der Waals surface area contributed by atoms with Crippen LogP contribution >= 0.6 is 11.6 Å². The number of benzene rings is 1. The average Bonchev–Trinajstić information content (AvgIpc) is 2.05. The Hall–Kier alpha value is -1.08. The van der Waals surface area contributed by atoms with Crippen molar-refractivity contribution >= 4 is 22.4 Å². The van der Waals surface area contributed by atoms with E-state index in [4.69, 9.17) is 11.6 Å². The van der Waals surface area contributed by atoms with Crippen LogP contribution in [0.15, 0.2) is 36.4 Å². The Kier molecular flexibility index (Phi) is 3.06. The Labute approximate surface area is 76.7 Å². The molecule has 0 radical (unpaired) electrons. The molecule has 0 amide bonds. The van der Waals surface area contributed by atoms with Gasteiger partial charge in [-0.25, -0.2) is 0 Å². The first-order chi connectivity index (χ1) is 5.70. The summed E-state index contributed by atoms with van der Waals surface area (Å²) in [7, 11) is 0. The van der Waals surface area contributed by atoms with Crippen LogP contribution in [0.25, 0.3) is 5.57 Å². The molecule has 0 fully saturated rings. The molecule has 0 spiro atoms. The average molecular weight is 181 g/mol. The SMILES string of the molecule is C/C(=C/C(=O)Cl)c1ccccc1. The zero-order chi connectivity index (χ0) is 8.97. The summed E-state index contributed by atoms with van der Waals surface area (Å²) in [5.41, 5.74) is 1.90. The van der Waals surface area contributed by atoms with Crippen LogP contribution in [0.3, 0.4) is 0 Å². The minimum absolute atomic E-state index is 0.434. The monoisotopic (exact) mass is 180 g/mol. The number of carbonyl (C=O) groups excluding carboxylic acids is 1. The number of carbonyl (C=O) groups is 1. The Balaban J connectivity index is 2.93. The van der Waals surface area contributed by atoms with Gasteiger partial charge < -0.3 is 0 Å². The molecule has 2 heteroatoms. The third kappa shape index (κ3) is 2.51. The summed E-state index contributed by atoms with van der Waals surface area (Å²) in [4.78, 5) is 10.5. The minimum atomic E-state index is -0.434. The number of rotatable bonds is 2. The first-order valence-corrected chi connectivity index (χ1v) is 4.01. The molecule has 0 N–H and O–H groups in total. The summed E-state index contributed by atoms with van der Waals surface area (Å²) >= 11 is 5.21. The molecule has 62 valence electrons. The normalized spacial score (nSPS) is 11.3. The van der Waals surface area contributed by atoms with Crippen LogP contribution in [0.2, 0.25) is 0 Å². The Bertz CT molecular complexity index is 301. The van der Waals surface area contributed by atoms with Crippen LogP contribution in [0.4, 0.5) is 0 Å². The van der Waals surface area contributed by atoms with E-state index in [-0.39, 0.29) is 0 Å². The van der Waals surface area contributed by atoms with Gasteiger partial charge in [0, 0.05) is 6.08 Å². The highest BCUT2D eigenvalue weighted by molar-refractivity contribution is 6.66. The molecule has 1 aromatic carbocycles. The van der Waals surface area contributed by atoms with Crippen LogP contribution in [0.1, 0.15) is 12.5 Å². The summed E-state index contributed by atoms with van der Waals surface area (Å²) in [6, 6.07) is 9.65. The van der Waals surface area contributed by atoms with Crippen LogP contribution in [0.5, 0.6) is 0 Å². The van der Waals surface area contributed by atoms with Gasteiger partial charge in [-0.3, -0.25) is 4.79 Å². The van der Waals surface area contributed by atoms with E-state index in [1.807, 2.05) is 37.3 Å². The first-order valence-electron chi connectivity index (χ1n) is 3.63. The summed E-state index contributed by atoms with van der Waals surface area (Å²) in [5.74, 6) is 0. The predicted octanol–water partition coefficient (Wildman–Crippen LogP) is 2.86. The van der Waals surface area contributed by atoms with Gasteiger partial charge in [0.15, 0.2) is 0 Å². The van der Waals surface area contributed by atoms with Gasteiger partial charge in [-0.1, -0.05) is 30.3 Å². The van der Waals surface area contributed by atoms with Crippen molar-refractivity contribution < 1.29 is 4.79 Å². The first kappa shape index (κ1) is 9.01. The van der Waals surface area contributed by atoms with Crippen molar-refractivity contribution in [1.82, 2.24) is 0 Å². The second kappa shape index (κ2) is 4.07. The van der Waals surface area contributed by atoms with Gasteiger partial charge in [0.1, 0.15) is 0 Å². The fourth-order valence-corrected chi connectivity index (χ4v) is 1.12. The van der Waals surface area contributed by atoms with Gasteiger partial charge in [-0.05, 0) is 29.7 Å². The van der Waals surface area contributed by atoms with Gasteiger partial charge >= 0.3 is 0 Å². The van der Waals surface area contributed by atoms with E-state index >= 15 is 0 Å². The van der Waals surface area contributed by atoms with E-state index in [0.717, 1.165) is 11.1 Å². The molecule has 0 heterocycles. The molecule has 1 nitrogen and oxygen atoms in total. The van der Waals surface area contributed by atoms with E-state index in [9.17, 15) is 4.79 Å². The zero-order valence-corrected chi connectivity index (χ0v) is 7.51. The predicted molar refractivity (Wildman–Crippen MR) is 51.0 cm³/mol. The van der Waals surface area contributed by atoms with Gasteiger partial charge in [-0.15, -0.1) is 0 Å². The van der Waals surface area contributed by atoms with Crippen molar-refractivity contribution in [3.63, 3.8) is 0 Å². The van der Waals surface area contributed by atoms with Crippen molar-refractivity contribution in [1.29, 1.82) is 0 Å². The van der Waals surface area contributed by atoms with Crippen LogP contribution in [0, 0.1) is 0 Å². The molecule has 0 aromatic heterocycles. The minimum Gasteiger partial charge on any atom is -0.276 e. The molecule has 1 rings (SSSR count). The highest BCUT2D eigenvalue weighted by atomic mass is 35.5. The lowest BCUT2D eigenvalue weighted by Gasteiger charge is -1.97. The van der Waals surface area contributed by atoms with E-state index in [1.54, 1.807) is 0 Å². The molecule has 1 aromatic rings. The lowest BCUT2D eigenvalue weighted by Crippen LogP contribution is -1.82. The van der Waals surface area contributed by atoms with Crippen LogP contribution < -0.4 is 0 Å². The summed E-state index contributed by atoms with van der Waals surface area (Å²) in [6.45, 7) is 1.86. The molecule has 12 heavy (non-hydrogen) atoms. The van der Waals surface area contributed by atoms with Gasteiger partial charge in [0.25, 0.3) is 0 Å². The van der Waals surface area contributed by atoms with Crippen molar-refractivity contribution in [3.05, 3.63) is 42.0 Å². The smallest absolute Gasteiger partial charge is 0.245 e. The number of hydrogen-bond donors (Lipinski definition) is 0. The second-order valence-corrected chi connectivity index (χ2v) is 2.87. The third-order valence-corrected chi connectivity index (χ3v) is 1.67. The molecule has 0 aliphatic heterocycles. The Morgan fingerprint density at radius 1 is 1.33 bits per heavy atom. The maximum absolute atomic E-state index is 10.5. The Morgan fingerprint density at radius 3 is 2.42 bits per heavy atom. The van der Waals surface area contributed by atoms with Gasteiger partial charge in [0.05, 0.1) is 0 Å². The molecule has 0 aliphatic carbocycles. The molecular weight excluding hydrogens is 172 g/mol. The van der Waals surface area contributed by atoms with Crippen molar-refractivity contribution in [3.8, 4) is 0 Å². The highest BCUT2D eigenvalue weighted by Crippen LogP contribution is 2.12. The Morgan fingerprint density at radius 2 is 1.92 bits per heavy atom. The topological polar surface area (TPSA) is 17.1 Å². The summed E-state index contributed by atoms with van der Waals surface area (Å²) in [6.07, 6.45) is 1.41. The molecular formula is C10H9ClO. The maximum Gasteiger partial charge on any atom is 0.245 e. The van der Waals surface area contributed by atoms with Gasteiger partial charge in [0.2, 0.25) is 5.24 Å². The van der Waals surface area contributed by atoms with E-state index in [2.05, 4.69) is 0 Å². The molecule has 0 saturated carbocycles. The molecule has 0 atom stereocenters. The highest BCUT2D eigenvalue weighted by Gasteiger charge is 1.95. The third-order valence-electron chi connectivity index (χ3n) is 1.56. The largest absolute Gasteiger partial charge is 0.276 e. The van der Waals surface area contributed by atoms with Gasteiger partial charge in [-0.2, -0.15) is 0 Å². The van der Waals surface area contributed by atoms with Crippen LogP contribution in [-0.2, 0) is 4.79 Å². The number of hydrogen-bond acceptors (Lipinski definition) is 1. The molecule has 0 bridgehead atoms. The zero-order valence-electron chi connectivity index (χ0n) is 6.75. The number of allylic oxidation sites excluding steroid dienone is 2. The maximum atomic E-state index is 10.5. The van der Waals surface area contributed by atoms with Crippen molar-refractivity contribution in [2.24, 2.45) is 0 Å². The van der Waals surface area contributed by atoms with E-state index < -0.39 is 5.24 Å². The summed E-state index contributed by atoms with van der Waals surface area (Å²) in [5, 5.41) is -0.434. The molecule has 0 aliphatic rings. The van der Waals surface area contributed by atoms with Crippen molar-refractivity contribution in [2.75, 3.05) is 0 Å². The lowest BCUT2D eigenvalue weighted by molar-refractivity contribution is -0.107. The standard InChI is InChI=1S/C10H9ClO/c1-8(7-10(11)12)9-5-3-2-4-6-9/h2-7H,1H3/b8-7-. The fourth-order valence-electron chi connectivity index (χ4n) is 0.955. The van der Waals surface area contributed by atoms with E-state index in [1.165, 1.54) is 6.08 Å². The molecule has 0 saturated heterocycles. The molecule has 0 unspecified atom stereocenters. The lowest BCUT2D eigenvalue weighted by atomic mass is 10.1. The van der Waals surface area contributed by atoms with E-state index in [0.29, 0.717) is 0 Å². The fraction of sp³-hybridized carbons (Fsp3) is 0.100. The quantitative estimate of drug-likeness (QED) is 0.505.